The van der Waals surface area contributed by atoms with Crippen molar-refractivity contribution in [2.75, 3.05) is 0 Å². The summed E-state index contributed by atoms with van der Waals surface area (Å²) in [5, 5.41) is 38.1. The lowest BCUT2D eigenvalue weighted by Crippen LogP contribution is -2.00. The normalized spacial score (nSPS) is 10.2. The van der Waals surface area contributed by atoms with Crippen LogP contribution in [0.4, 0.5) is 0 Å². The molecular weight excluding hydrogens is 364 g/mol. The minimum absolute atomic E-state index is 0.0113. The quantitative estimate of drug-likeness (QED) is 0.470. The topological polar surface area (TPSA) is 121 Å². The van der Waals surface area contributed by atoms with E-state index in [-0.39, 0.29) is 11.1 Å². The van der Waals surface area contributed by atoms with Crippen LogP contribution in [0.1, 0.15) is 0 Å². The zero-order valence-corrected chi connectivity index (χ0v) is 14.4. The molecule has 0 atom stereocenters. The van der Waals surface area contributed by atoms with Crippen molar-refractivity contribution in [1.29, 1.82) is 21.0 Å². The van der Waals surface area contributed by atoms with Gasteiger partial charge in [-0.15, -0.1) is 22.7 Å². The van der Waals surface area contributed by atoms with E-state index in [0.717, 1.165) is 20.2 Å². The highest BCUT2D eigenvalue weighted by atomic mass is 32.1. The predicted molar refractivity (Wildman–Crippen MR) is 98.8 cm³/mol. The van der Waals surface area contributed by atoms with Gasteiger partial charge in [-0.05, 0) is 12.1 Å². The molecule has 118 valence electrons. The van der Waals surface area contributed by atoms with Gasteiger partial charge in [0.25, 0.3) is 0 Å². The summed E-state index contributed by atoms with van der Waals surface area (Å²) in [5.74, 6) is 0. The third-order valence-electron chi connectivity index (χ3n) is 3.78. The van der Waals surface area contributed by atoms with Crippen LogP contribution >= 0.6 is 22.7 Å². The molecule has 0 aliphatic rings. The molecule has 0 N–H and O–H groups in total. The largest absolute Gasteiger partial charge is 0.234 e. The molecule has 0 saturated carbocycles. The van der Waals surface area contributed by atoms with E-state index < -0.39 is 0 Å². The Bertz CT molecular complexity index is 1380. The van der Waals surface area contributed by atoms with E-state index in [1.165, 1.54) is 22.7 Å². The van der Waals surface area contributed by atoms with Gasteiger partial charge in [0.2, 0.25) is 0 Å². The molecule has 4 rings (SSSR count). The molecule has 0 aliphatic heterocycles. The molecule has 2 aromatic carbocycles. The third-order valence-corrected chi connectivity index (χ3v) is 6.02. The molecule has 0 aliphatic carbocycles. The summed E-state index contributed by atoms with van der Waals surface area (Å²) in [4.78, 5) is 8.76. The average Bonchev–Trinajstić information content (AvgIpc) is 3.27. The Morgan fingerprint density at radius 1 is 0.654 bits per heavy atom. The Balaban J connectivity index is 2.17. The number of benzene rings is 2. The smallest absolute Gasteiger partial charge is 0.165 e. The van der Waals surface area contributed by atoms with Crippen LogP contribution in [0.3, 0.4) is 0 Å². The molecule has 0 saturated heterocycles. The number of thiazole rings is 2. The number of fused-ring (bicyclic) bond motifs is 5. The molecular formula is C18H4N6S2. The summed E-state index contributed by atoms with van der Waals surface area (Å²) >= 11 is 2.59. The van der Waals surface area contributed by atoms with Gasteiger partial charge < -0.3 is 0 Å². The van der Waals surface area contributed by atoms with E-state index in [2.05, 4.69) is 9.97 Å². The Kier molecular flexibility index (Phi) is 3.57. The van der Waals surface area contributed by atoms with Crippen LogP contribution < -0.4 is 9.33 Å². The van der Waals surface area contributed by atoms with Crippen molar-refractivity contribution in [3.05, 3.63) is 33.6 Å². The van der Waals surface area contributed by atoms with Crippen LogP contribution in [0.5, 0.6) is 0 Å². The predicted octanol–water partition coefficient (Wildman–Crippen LogP) is 2.45. The van der Waals surface area contributed by atoms with Gasteiger partial charge >= 0.3 is 0 Å². The Hall–Kier alpha value is -3.82. The fourth-order valence-electron chi connectivity index (χ4n) is 2.63. The van der Waals surface area contributed by atoms with Crippen molar-refractivity contribution in [3.8, 4) is 24.3 Å². The van der Waals surface area contributed by atoms with E-state index in [1.54, 1.807) is 0 Å². The lowest BCUT2D eigenvalue weighted by molar-refractivity contribution is 1.40. The lowest BCUT2D eigenvalue weighted by Gasteiger charge is -1.99. The average molecular weight is 368 g/mol. The van der Waals surface area contributed by atoms with E-state index in [9.17, 15) is 0 Å². The van der Waals surface area contributed by atoms with Gasteiger partial charge in [-0.1, -0.05) is 12.1 Å². The van der Waals surface area contributed by atoms with E-state index in [1.807, 2.05) is 48.5 Å². The second-order valence-electron chi connectivity index (χ2n) is 5.16. The summed E-state index contributed by atoms with van der Waals surface area (Å²) in [5.41, 5.74) is 1.40. The SMILES string of the molecule is N#CC(C#N)=c1nc2ccc3c(ccc4nc(=C(C#N)C#N)sc43)c2s1. The Morgan fingerprint density at radius 3 is 1.38 bits per heavy atom. The molecule has 0 bridgehead atoms. The zero-order chi connectivity index (χ0) is 18.3. The van der Waals surface area contributed by atoms with Gasteiger partial charge in [-0.2, -0.15) is 21.0 Å². The number of rotatable bonds is 0. The molecule has 0 radical (unpaired) electrons. The summed E-state index contributed by atoms with van der Waals surface area (Å²) < 4.78 is 2.54. The Labute approximate surface area is 154 Å². The fourth-order valence-corrected chi connectivity index (χ4v) is 4.70. The lowest BCUT2D eigenvalue weighted by atomic mass is 10.1. The number of nitrogens with zero attached hydrogens (tertiary/aromatic N) is 6. The number of aromatic nitrogens is 2. The summed E-state index contributed by atoms with van der Waals surface area (Å²) in [6, 6.07) is 14.9. The van der Waals surface area contributed by atoms with Gasteiger partial charge in [0, 0.05) is 10.8 Å². The molecule has 0 fully saturated rings. The van der Waals surface area contributed by atoms with E-state index in [4.69, 9.17) is 21.0 Å². The minimum atomic E-state index is -0.0113. The standard InChI is InChI=1S/C18H4N6S2/c19-5-9(6-20)17-23-13-3-1-11-12(16(13)26-17)2-4-14-15(11)25-18(24-14)10(7-21)8-22/h1-4H. The van der Waals surface area contributed by atoms with Crippen molar-refractivity contribution in [2.45, 2.75) is 0 Å². The second kappa shape index (κ2) is 5.92. The maximum absolute atomic E-state index is 9.06. The van der Waals surface area contributed by atoms with Gasteiger partial charge in [-0.3, -0.25) is 0 Å². The maximum Gasteiger partial charge on any atom is 0.165 e. The highest BCUT2D eigenvalue weighted by Crippen LogP contribution is 2.32. The minimum Gasteiger partial charge on any atom is -0.234 e. The summed E-state index contributed by atoms with van der Waals surface area (Å²) in [6.45, 7) is 0. The monoisotopic (exact) mass is 368 g/mol. The van der Waals surface area contributed by atoms with Crippen LogP contribution in [-0.4, -0.2) is 9.97 Å². The first-order chi connectivity index (χ1) is 12.7. The first kappa shape index (κ1) is 15.7. The Morgan fingerprint density at radius 2 is 1.04 bits per heavy atom. The molecule has 0 unspecified atom stereocenters. The van der Waals surface area contributed by atoms with E-state index >= 15 is 0 Å². The van der Waals surface area contributed by atoms with Gasteiger partial charge in [-0.25, -0.2) is 9.97 Å². The number of nitriles is 4. The first-order valence-electron chi connectivity index (χ1n) is 7.18. The van der Waals surface area contributed by atoms with Crippen LogP contribution in [0.2, 0.25) is 0 Å². The summed E-state index contributed by atoms with van der Waals surface area (Å²) in [7, 11) is 0. The van der Waals surface area contributed by atoms with Gasteiger partial charge in [0.15, 0.2) is 11.1 Å². The molecule has 2 aromatic heterocycles. The molecule has 4 aromatic rings. The highest BCUT2D eigenvalue weighted by Gasteiger charge is 2.12. The maximum atomic E-state index is 9.06. The van der Waals surface area contributed by atoms with Crippen molar-refractivity contribution >= 4 is 65.0 Å². The van der Waals surface area contributed by atoms with E-state index in [0.29, 0.717) is 20.4 Å². The van der Waals surface area contributed by atoms with Gasteiger partial charge in [0.1, 0.15) is 33.6 Å². The molecule has 2 heterocycles. The fraction of sp³-hybridized carbons (Fsp3) is 0. The number of hydrogen-bond donors (Lipinski definition) is 0. The van der Waals surface area contributed by atoms with Crippen LogP contribution in [0.25, 0.3) is 42.4 Å². The molecule has 8 heteroatoms. The third kappa shape index (κ3) is 2.19. The number of hydrogen-bond acceptors (Lipinski definition) is 8. The molecule has 0 amide bonds. The van der Waals surface area contributed by atoms with Crippen LogP contribution in [0, 0.1) is 45.3 Å². The van der Waals surface area contributed by atoms with Crippen LogP contribution in [-0.2, 0) is 0 Å². The van der Waals surface area contributed by atoms with Crippen molar-refractivity contribution in [3.63, 3.8) is 0 Å². The summed E-state index contributed by atoms with van der Waals surface area (Å²) in [6.07, 6.45) is 0. The molecule has 0 spiro atoms. The van der Waals surface area contributed by atoms with Crippen molar-refractivity contribution in [1.82, 2.24) is 9.97 Å². The van der Waals surface area contributed by atoms with Crippen LogP contribution in [0.15, 0.2) is 24.3 Å². The molecule has 6 nitrogen and oxygen atoms in total. The highest BCUT2D eigenvalue weighted by molar-refractivity contribution is 7.19. The molecule has 26 heavy (non-hydrogen) atoms. The van der Waals surface area contributed by atoms with Gasteiger partial charge in [0.05, 0.1) is 20.4 Å². The zero-order valence-electron chi connectivity index (χ0n) is 12.8. The van der Waals surface area contributed by atoms with Crippen molar-refractivity contribution in [2.24, 2.45) is 0 Å². The second-order valence-corrected chi connectivity index (χ2v) is 7.16. The van der Waals surface area contributed by atoms with Crippen molar-refractivity contribution < 1.29 is 0 Å². The first-order valence-corrected chi connectivity index (χ1v) is 8.81.